The number of hydrogen-bond donors (Lipinski definition) is 1. The SMILES string of the molecule is COc1ccc(C(=O)OC2CC(C)(C)NC(C)(C)C2)cc1. The molecule has 1 aromatic carbocycles. The second kappa shape index (κ2) is 5.68. The van der Waals surface area contributed by atoms with E-state index in [-0.39, 0.29) is 23.2 Å². The van der Waals surface area contributed by atoms with Crippen molar-refractivity contribution < 1.29 is 14.3 Å². The highest BCUT2D eigenvalue weighted by molar-refractivity contribution is 5.89. The maximum atomic E-state index is 12.3. The Balaban J connectivity index is 2.04. The standard InChI is InChI=1S/C17H25NO3/c1-16(2)10-14(11-17(3,4)18-16)21-15(19)12-6-8-13(20-5)9-7-12/h6-9,14,18H,10-11H2,1-5H3. The molecule has 0 unspecified atom stereocenters. The lowest BCUT2D eigenvalue weighted by Gasteiger charge is -2.45. The van der Waals surface area contributed by atoms with E-state index >= 15 is 0 Å². The van der Waals surface area contributed by atoms with Gasteiger partial charge in [0.2, 0.25) is 0 Å². The minimum absolute atomic E-state index is 0.0351. The molecular weight excluding hydrogens is 266 g/mol. The van der Waals surface area contributed by atoms with Gasteiger partial charge < -0.3 is 14.8 Å². The lowest BCUT2D eigenvalue weighted by atomic mass is 9.81. The van der Waals surface area contributed by atoms with Crippen LogP contribution in [0, 0.1) is 0 Å². The van der Waals surface area contributed by atoms with Gasteiger partial charge >= 0.3 is 5.97 Å². The molecule has 0 bridgehead atoms. The Morgan fingerprint density at radius 2 is 1.62 bits per heavy atom. The monoisotopic (exact) mass is 291 g/mol. The van der Waals surface area contributed by atoms with Gasteiger partial charge in [-0.3, -0.25) is 0 Å². The number of carbonyl (C=O) groups excluding carboxylic acids is 1. The van der Waals surface area contributed by atoms with E-state index in [0.29, 0.717) is 5.56 Å². The van der Waals surface area contributed by atoms with E-state index in [4.69, 9.17) is 9.47 Å². The van der Waals surface area contributed by atoms with E-state index in [1.165, 1.54) is 0 Å². The summed E-state index contributed by atoms with van der Waals surface area (Å²) in [6.07, 6.45) is 1.57. The number of methoxy groups -OCH3 is 1. The van der Waals surface area contributed by atoms with E-state index in [2.05, 4.69) is 33.0 Å². The Labute approximate surface area is 126 Å². The highest BCUT2D eigenvalue weighted by atomic mass is 16.5. The Morgan fingerprint density at radius 1 is 1.10 bits per heavy atom. The second-order valence-corrected chi connectivity index (χ2v) is 7.06. The maximum absolute atomic E-state index is 12.3. The fourth-order valence-electron chi connectivity index (χ4n) is 3.26. The van der Waals surface area contributed by atoms with Crippen LogP contribution in [0.4, 0.5) is 0 Å². The summed E-state index contributed by atoms with van der Waals surface area (Å²) in [6, 6.07) is 7.01. The summed E-state index contributed by atoms with van der Waals surface area (Å²) in [7, 11) is 1.60. The van der Waals surface area contributed by atoms with E-state index < -0.39 is 0 Å². The van der Waals surface area contributed by atoms with E-state index in [1.54, 1.807) is 31.4 Å². The lowest BCUT2D eigenvalue weighted by molar-refractivity contribution is -0.00637. The van der Waals surface area contributed by atoms with Crippen molar-refractivity contribution in [1.29, 1.82) is 0 Å². The van der Waals surface area contributed by atoms with Crippen LogP contribution in [0.1, 0.15) is 50.9 Å². The Bertz CT molecular complexity index is 489. The molecule has 1 aromatic rings. The minimum Gasteiger partial charge on any atom is -0.497 e. The molecule has 1 N–H and O–H groups in total. The molecule has 1 heterocycles. The number of ether oxygens (including phenoxy) is 2. The number of rotatable bonds is 3. The van der Waals surface area contributed by atoms with Crippen molar-refractivity contribution in [3.63, 3.8) is 0 Å². The van der Waals surface area contributed by atoms with Crippen LogP contribution in [0.3, 0.4) is 0 Å². The molecule has 1 aliphatic heterocycles. The van der Waals surface area contributed by atoms with Crippen LogP contribution in [0.2, 0.25) is 0 Å². The van der Waals surface area contributed by atoms with Crippen LogP contribution in [-0.4, -0.2) is 30.3 Å². The number of nitrogens with one attached hydrogen (secondary N) is 1. The molecule has 0 aliphatic carbocycles. The number of carbonyl (C=O) groups is 1. The molecule has 116 valence electrons. The first-order valence-electron chi connectivity index (χ1n) is 7.35. The second-order valence-electron chi connectivity index (χ2n) is 7.06. The quantitative estimate of drug-likeness (QED) is 0.869. The van der Waals surface area contributed by atoms with E-state index in [1.807, 2.05) is 0 Å². The summed E-state index contributed by atoms with van der Waals surface area (Å²) in [5, 5.41) is 3.58. The molecule has 1 aliphatic rings. The molecule has 0 spiro atoms. The highest BCUT2D eigenvalue weighted by Crippen LogP contribution is 2.30. The van der Waals surface area contributed by atoms with Gasteiger partial charge in [0.05, 0.1) is 12.7 Å². The molecule has 2 rings (SSSR count). The van der Waals surface area contributed by atoms with Gasteiger partial charge in [0.15, 0.2) is 0 Å². The van der Waals surface area contributed by atoms with Gasteiger partial charge in [-0.05, 0) is 52.0 Å². The van der Waals surface area contributed by atoms with Crippen molar-refractivity contribution >= 4 is 5.97 Å². The highest BCUT2D eigenvalue weighted by Gasteiger charge is 2.39. The summed E-state index contributed by atoms with van der Waals surface area (Å²) in [5.74, 6) is 0.465. The van der Waals surface area contributed by atoms with Gasteiger partial charge in [-0.15, -0.1) is 0 Å². The molecule has 0 amide bonds. The zero-order valence-electron chi connectivity index (χ0n) is 13.5. The molecule has 0 atom stereocenters. The third-order valence-corrected chi connectivity index (χ3v) is 3.75. The molecule has 0 radical (unpaired) electrons. The molecule has 4 heteroatoms. The first-order chi connectivity index (χ1) is 9.71. The fraction of sp³-hybridized carbons (Fsp3) is 0.588. The third-order valence-electron chi connectivity index (χ3n) is 3.75. The fourth-order valence-corrected chi connectivity index (χ4v) is 3.26. The lowest BCUT2D eigenvalue weighted by Crippen LogP contribution is -2.59. The van der Waals surface area contributed by atoms with Crippen LogP contribution >= 0.6 is 0 Å². The summed E-state index contributed by atoms with van der Waals surface area (Å²) < 4.78 is 10.8. The van der Waals surface area contributed by atoms with Crippen LogP contribution in [-0.2, 0) is 4.74 Å². The predicted molar refractivity (Wildman–Crippen MR) is 82.7 cm³/mol. The van der Waals surface area contributed by atoms with Gasteiger partial charge in [0, 0.05) is 23.9 Å². The number of esters is 1. The first kappa shape index (κ1) is 15.8. The average Bonchev–Trinajstić information content (AvgIpc) is 2.35. The number of benzene rings is 1. The normalized spacial score (nSPS) is 20.8. The molecule has 0 aromatic heterocycles. The zero-order valence-corrected chi connectivity index (χ0v) is 13.5. The van der Waals surface area contributed by atoms with Gasteiger partial charge in [-0.1, -0.05) is 0 Å². The number of hydrogen-bond acceptors (Lipinski definition) is 4. The van der Waals surface area contributed by atoms with Crippen molar-refractivity contribution in [2.75, 3.05) is 7.11 Å². The summed E-state index contributed by atoms with van der Waals surface area (Å²) in [4.78, 5) is 12.3. The minimum atomic E-state index is -0.267. The number of piperidine rings is 1. The van der Waals surface area contributed by atoms with Gasteiger partial charge in [0.1, 0.15) is 11.9 Å². The van der Waals surface area contributed by atoms with Crippen LogP contribution in [0.5, 0.6) is 5.75 Å². The maximum Gasteiger partial charge on any atom is 0.338 e. The zero-order chi connectivity index (χ0) is 15.7. The van der Waals surface area contributed by atoms with E-state index in [9.17, 15) is 4.79 Å². The molecule has 4 nitrogen and oxygen atoms in total. The Morgan fingerprint density at radius 3 is 2.10 bits per heavy atom. The molecular formula is C17H25NO3. The summed E-state index contributed by atoms with van der Waals surface area (Å²) in [6.45, 7) is 8.56. The molecule has 1 fully saturated rings. The average molecular weight is 291 g/mol. The first-order valence-corrected chi connectivity index (χ1v) is 7.35. The van der Waals surface area contributed by atoms with Crippen molar-refractivity contribution in [3.8, 4) is 5.75 Å². The van der Waals surface area contributed by atoms with Crippen molar-refractivity contribution in [2.24, 2.45) is 0 Å². The van der Waals surface area contributed by atoms with Crippen molar-refractivity contribution in [2.45, 2.75) is 57.7 Å². The smallest absolute Gasteiger partial charge is 0.338 e. The van der Waals surface area contributed by atoms with Crippen LogP contribution in [0.25, 0.3) is 0 Å². The molecule has 1 saturated heterocycles. The summed E-state index contributed by atoms with van der Waals surface area (Å²) in [5.41, 5.74) is 0.490. The largest absolute Gasteiger partial charge is 0.497 e. The Kier molecular flexibility index (Phi) is 4.28. The van der Waals surface area contributed by atoms with E-state index in [0.717, 1.165) is 18.6 Å². The Hall–Kier alpha value is -1.55. The van der Waals surface area contributed by atoms with Crippen LogP contribution < -0.4 is 10.1 Å². The van der Waals surface area contributed by atoms with Crippen molar-refractivity contribution in [1.82, 2.24) is 5.32 Å². The molecule has 21 heavy (non-hydrogen) atoms. The van der Waals surface area contributed by atoms with Gasteiger partial charge in [-0.25, -0.2) is 4.79 Å². The van der Waals surface area contributed by atoms with Crippen LogP contribution in [0.15, 0.2) is 24.3 Å². The summed E-state index contributed by atoms with van der Waals surface area (Å²) >= 11 is 0. The van der Waals surface area contributed by atoms with Gasteiger partial charge in [0.25, 0.3) is 0 Å². The van der Waals surface area contributed by atoms with Gasteiger partial charge in [-0.2, -0.15) is 0 Å². The predicted octanol–water partition coefficient (Wildman–Crippen LogP) is 3.16. The van der Waals surface area contributed by atoms with Crippen molar-refractivity contribution in [3.05, 3.63) is 29.8 Å². The third kappa shape index (κ3) is 4.21. The molecule has 0 saturated carbocycles. The topological polar surface area (TPSA) is 47.6 Å².